The Labute approximate surface area is 131 Å². The summed E-state index contributed by atoms with van der Waals surface area (Å²) in [7, 11) is 1.80. The lowest BCUT2D eigenvalue weighted by molar-refractivity contribution is -0.0158. The lowest BCUT2D eigenvalue weighted by Gasteiger charge is -2.30. The highest BCUT2D eigenvalue weighted by Crippen LogP contribution is 2.20. The number of aromatic nitrogens is 2. The van der Waals surface area contributed by atoms with Crippen LogP contribution in [-0.2, 0) is 11.8 Å². The fraction of sp³-hybridized carbons (Fsp3) is 0.571. The van der Waals surface area contributed by atoms with Crippen LogP contribution in [0.5, 0.6) is 0 Å². The first-order chi connectivity index (χ1) is 10.1. The van der Waals surface area contributed by atoms with Crippen molar-refractivity contribution in [1.82, 2.24) is 14.5 Å². The molecule has 3 heterocycles. The van der Waals surface area contributed by atoms with Crippen molar-refractivity contribution in [2.45, 2.75) is 18.2 Å². The second-order valence-corrected chi connectivity index (χ2v) is 7.19. The van der Waals surface area contributed by atoms with Gasteiger partial charge in [0.25, 0.3) is 5.56 Å². The van der Waals surface area contributed by atoms with Gasteiger partial charge in [0, 0.05) is 32.4 Å². The molecule has 5 nitrogen and oxygen atoms in total. The number of hydrogen-bond acceptors (Lipinski definition) is 6. The van der Waals surface area contributed by atoms with Crippen LogP contribution in [0.2, 0.25) is 0 Å². The number of hydrogen-bond donors (Lipinski definition) is 0. The zero-order valence-corrected chi connectivity index (χ0v) is 13.9. The molecule has 0 amide bonds. The van der Waals surface area contributed by atoms with Gasteiger partial charge in [0.05, 0.1) is 18.1 Å². The van der Waals surface area contributed by atoms with E-state index in [0.29, 0.717) is 11.5 Å². The van der Waals surface area contributed by atoms with Gasteiger partial charge in [-0.25, -0.2) is 4.98 Å². The molecule has 21 heavy (non-hydrogen) atoms. The predicted molar refractivity (Wildman–Crippen MR) is 87.4 cm³/mol. The van der Waals surface area contributed by atoms with E-state index in [-0.39, 0.29) is 5.56 Å². The van der Waals surface area contributed by atoms with Gasteiger partial charge in [0.1, 0.15) is 4.83 Å². The van der Waals surface area contributed by atoms with E-state index in [4.69, 9.17) is 4.74 Å². The van der Waals surface area contributed by atoms with E-state index in [0.717, 1.165) is 42.0 Å². The van der Waals surface area contributed by atoms with Crippen LogP contribution in [-0.4, -0.2) is 52.5 Å². The van der Waals surface area contributed by atoms with Crippen LogP contribution in [0.3, 0.4) is 0 Å². The standard InChI is InChI=1S/C14H19N3O2S2/c1-10-9-17(4-6-19-10)5-8-21-14-15-12-11(3-7-20-12)13(18)16(14)2/h3,7,10H,4-6,8-9H2,1-2H3. The summed E-state index contributed by atoms with van der Waals surface area (Å²) in [5.41, 5.74) is 0.0451. The Bertz CT molecular complexity index is 682. The molecule has 1 aliphatic heterocycles. The molecule has 0 N–H and O–H groups in total. The lowest BCUT2D eigenvalue weighted by Crippen LogP contribution is -2.42. The van der Waals surface area contributed by atoms with E-state index in [9.17, 15) is 4.79 Å². The maximum atomic E-state index is 12.2. The fourth-order valence-electron chi connectivity index (χ4n) is 2.47. The van der Waals surface area contributed by atoms with Crippen molar-refractivity contribution in [3.8, 4) is 0 Å². The first-order valence-corrected chi connectivity index (χ1v) is 8.92. The number of rotatable bonds is 4. The minimum atomic E-state index is 0.0451. The SMILES string of the molecule is CC1CN(CCSc2nc3sccc3c(=O)n2C)CCO1. The second kappa shape index (κ2) is 6.48. The van der Waals surface area contributed by atoms with Crippen molar-refractivity contribution < 1.29 is 4.74 Å². The van der Waals surface area contributed by atoms with Gasteiger partial charge in [-0.15, -0.1) is 11.3 Å². The number of ether oxygens (including phenoxy) is 1. The lowest BCUT2D eigenvalue weighted by atomic mass is 10.3. The number of thioether (sulfide) groups is 1. The van der Waals surface area contributed by atoms with Gasteiger partial charge in [0.2, 0.25) is 0 Å². The molecule has 1 unspecified atom stereocenters. The molecule has 1 saturated heterocycles. The summed E-state index contributed by atoms with van der Waals surface area (Å²) in [6, 6.07) is 1.85. The van der Waals surface area contributed by atoms with E-state index in [1.807, 2.05) is 11.4 Å². The van der Waals surface area contributed by atoms with Crippen molar-refractivity contribution in [1.29, 1.82) is 0 Å². The van der Waals surface area contributed by atoms with E-state index < -0.39 is 0 Å². The van der Waals surface area contributed by atoms with E-state index in [2.05, 4.69) is 16.8 Å². The second-order valence-electron chi connectivity index (χ2n) is 5.23. The van der Waals surface area contributed by atoms with E-state index >= 15 is 0 Å². The van der Waals surface area contributed by atoms with Gasteiger partial charge in [-0.1, -0.05) is 11.8 Å². The van der Waals surface area contributed by atoms with Crippen LogP contribution in [0.25, 0.3) is 10.2 Å². The number of fused-ring (bicyclic) bond motifs is 1. The van der Waals surface area contributed by atoms with Gasteiger partial charge in [0.15, 0.2) is 5.16 Å². The topological polar surface area (TPSA) is 47.4 Å². The van der Waals surface area contributed by atoms with Crippen LogP contribution in [0.15, 0.2) is 21.4 Å². The highest BCUT2D eigenvalue weighted by molar-refractivity contribution is 7.99. The third kappa shape index (κ3) is 3.31. The van der Waals surface area contributed by atoms with Gasteiger partial charge in [-0.2, -0.15) is 0 Å². The Balaban J connectivity index is 1.65. The number of thiophene rings is 1. The molecule has 0 radical (unpaired) electrons. The Kier molecular flexibility index (Phi) is 4.63. The summed E-state index contributed by atoms with van der Waals surface area (Å²) in [5, 5.41) is 3.44. The molecule has 0 aliphatic carbocycles. The summed E-state index contributed by atoms with van der Waals surface area (Å²) in [4.78, 5) is 20.0. The summed E-state index contributed by atoms with van der Waals surface area (Å²) in [6.07, 6.45) is 0.314. The first-order valence-electron chi connectivity index (χ1n) is 7.06. The minimum absolute atomic E-state index is 0.0451. The smallest absolute Gasteiger partial charge is 0.262 e. The maximum absolute atomic E-state index is 12.2. The van der Waals surface area contributed by atoms with Gasteiger partial charge in [-0.3, -0.25) is 14.3 Å². The monoisotopic (exact) mass is 325 g/mol. The van der Waals surface area contributed by atoms with Crippen LogP contribution in [0.4, 0.5) is 0 Å². The first kappa shape index (κ1) is 15.0. The molecule has 2 aromatic heterocycles. The summed E-state index contributed by atoms with van der Waals surface area (Å²) in [6.45, 7) is 5.88. The molecule has 7 heteroatoms. The molecule has 0 saturated carbocycles. The minimum Gasteiger partial charge on any atom is -0.376 e. The van der Waals surface area contributed by atoms with E-state index in [1.54, 1.807) is 23.4 Å². The summed E-state index contributed by atoms with van der Waals surface area (Å²) in [5.74, 6) is 0.934. The molecule has 1 aliphatic rings. The van der Waals surface area contributed by atoms with Gasteiger partial charge < -0.3 is 4.74 Å². The molecule has 3 rings (SSSR count). The largest absolute Gasteiger partial charge is 0.376 e. The van der Waals surface area contributed by atoms with Crippen molar-refractivity contribution in [2.24, 2.45) is 7.05 Å². The van der Waals surface area contributed by atoms with Crippen LogP contribution >= 0.6 is 23.1 Å². The Morgan fingerprint density at radius 1 is 1.57 bits per heavy atom. The molecular weight excluding hydrogens is 306 g/mol. The molecular formula is C14H19N3O2S2. The summed E-state index contributed by atoms with van der Waals surface area (Å²) >= 11 is 3.17. The van der Waals surface area contributed by atoms with E-state index in [1.165, 1.54) is 11.3 Å². The molecule has 1 fully saturated rings. The van der Waals surface area contributed by atoms with Crippen LogP contribution < -0.4 is 5.56 Å². The Morgan fingerprint density at radius 3 is 3.24 bits per heavy atom. The third-order valence-corrected chi connectivity index (χ3v) is 5.44. The van der Waals surface area contributed by atoms with Crippen LogP contribution in [0, 0.1) is 0 Å². The van der Waals surface area contributed by atoms with Crippen LogP contribution in [0.1, 0.15) is 6.92 Å². The number of morpholine rings is 1. The van der Waals surface area contributed by atoms with Gasteiger partial charge in [-0.05, 0) is 18.4 Å². The molecule has 114 valence electrons. The average Bonchev–Trinajstić information content (AvgIpc) is 2.93. The Morgan fingerprint density at radius 2 is 2.43 bits per heavy atom. The Hall–Kier alpha value is -0.890. The normalized spacial score (nSPS) is 20.2. The molecule has 2 aromatic rings. The molecule has 0 bridgehead atoms. The third-order valence-electron chi connectivity index (χ3n) is 3.63. The highest BCUT2D eigenvalue weighted by Gasteiger charge is 2.16. The maximum Gasteiger partial charge on any atom is 0.262 e. The predicted octanol–water partition coefficient (Wildman–Crippen LogP) is 1.81. The van der Waals surface area contributed by atoms with Gasteiger partial charge >= 0.3 is 0 Å². The van der Waals surface area contributed by atoms with Crippen molar-refractivity contribution in [3.63, 3.8) is 0 Å². The molecule has 0 spiro atoms. The highest BCUT2D eigenvalue weighted by atomic mass is 32.2. The molecule has 0 aromatic carbocycles. The van der Waals surface area contributed by atoms with Crippen molar-refractivity contribution in [2.75, 3.05) is 32.0 Å². The molecule has 1 atom stereocenters. The van der Waals surface area contributed by atoms with Crippen molar-refractivity contribution in [3.05, 3.63) is 21.8 Å². The quantitative estimate of drug-likeness (QED) is 0.634. The number of nitrogens with zero attached hydrogens (tertiary/aromatic N) is 3. The zero-order valence-electron chi connectivity index (χ0n) is 12.2. The zero-order chi connectivity index (χ0) is 14.8. The fourth-order valence-corrected chi connectivity index (χ4v) is 4.25. The van der Waals surface area contributed by atoms with Crippen molar-refractivity contribution >= 4 is 33.3 Å². The average molecular weight is 325 g/mol. The summed E-state index contributed by atoms with van der Waals surface area (Å²) < 4.78 is 7.20.